The van der Waals surface area contributed by atoms with Crippen LogP contribution in [0, 0.1) is 6.92 Å². The zero-order valence-corrected chi connectivity index (χ0v) is 17.8. The lowest BCUT2D eigenvalue weighted by atomic mass is 10.0. The second-order valence-electron chi connectivity index (χ2n) is 7.27. The molecule has 1 N–H and O–H groups in total. The Morgan fingerprint density at radius 1 is 1.41 bits per heavy atom. The number of piperidine rings is 1. The highest BCUT2D eigenvalue weighted by Gasteiger charge is 2.24. The predicted molar refractivity (Wildman–Crippen MR) is 111 cm³/mol. The SMILES string of the molecule is C=C(c1c(C)c(C(=O)OC(C)CC)cc2cc(Br)cn12)N1CCC(O)CC1. The highest BCUT2D eigenvalue weighted by Crippen LogP contribution is 2.30. The molecule has 3 rings (SSSR count). The lowest BCUT2D eigenvalue weighted by Crippen LogP contribution is -2.35. The van der Waals surface area contributed by atoms with Crippen LogP contribution in [0.15, 0.2) is 29.4 Å². The summed E-state index contributed by atoms with van der Waals surface area (Å²) in [7, 11) is 0. The van der Waals surface area contributed by atoms with Gasteiger partial charge in [0.15, 0.2) is 0 Å². The Balaban J connectivity index is 2.06. The van der Waals surface area contributed by atoms with Crippen LogP contribution >= 0.6 is 15.9 Å². The second kappa shape index (κ2) is 8.07. The van der Waals surface area contributed by atoms with Crippen molar-refractivity contribution < 1.29 is 14.6 Å². The van der Waals surface area contributed by atoms with E-state index in [4.69, 9.17) is 4.74 Å². The van der Waals surface area contributed by atoms with Crippen LogP contribution in [0.25, 0.3) is 11.2 Å². The highest BCUT2D eigenvalue weighted by molar-refractivity contribution is 9.10. The number of halogens is 1. The third-order valence-corrected chi connectivity index (χ3v) is 5.76. The van der Waals surface area contributed by atoms with Gasteiger partial charge < -0.3 is 19.1 Å². The van der Waals surface area contributed by atoms with Crippen molar-refractivity contribution in [3.63, 3.8) is 0 Å². The summed E-state index contributed by atoms with van der Waals surface area (Å²) < 4.78 is 8.58. The summed E-state index contributed by atoms with van der Waals surface area (Å²) in [6.45, 7) is 11.7. The molecule has 0 radical (unpaired) electrons. The van der Waals surface area contributed by atoms with Crippen LogP contribution in [-0.4, -0.2) is 45.7 Å². The van der Waals surface area contributed by atoms with Crippen LogP contribution in [-0.2, 0) is 4.74 Å². The lowest BCUT2D eigenvalue weighted by Gasteiger charge is -2.34. The summed E-state index contributed by atoms with van der Waals surface area (Å²) in [5.41, 5.74) is 4.12. The molecule has 0 saturated carbocycles. The number of fused-ring (bicyclic) bond motifs is 1. The number of likely N-dealkylation sites (tertiary alicyclic amines) is 1. The maximum Gasteiger partial charge on any atom is 0.338 e. The lowest BCUT2D eigenvalue weighted by molar-refractivity contribution is 0.0333. The van der Waals surface area contributed by atoms with E-state index in [1.165, 1.54) is 0 Å². The number of rotatable bonds is 5. The van der Waals surface area contributed by atoms with Gasteiger partial charge in [-0.15, -0.1) is 0 Å². The molecule has 27 heavy (non-hydrogen) atoms. The van der Waals surface area contributed by atoms with E-state index in [1.54, 1.807) is 0 Å². The monoisotopic (exact) mass is 434 g/mol. The van der Waals surface area contributed by atoms with Crippen LogP contribution in [0.5, 0.6) is 0 Å². The Morgan fingerprint density at radius 3 is 2.70 bits per heavy atom. The second-order valence-corrected chi connectivity index (χ2v) is 8.19. The van der Waals surface area contributed by atoms with Gasteiger partial charge >= 0.3 is 5.97 Å². The maximum atomic E-state index is 12.8. The summed E-state index contributed by atoms with van der Waals surface area (Å²) in [6.07, 6.45) is 3.86. The Bertz CT molecular complexity index is 866. The zero-order valence-electron chi connectivity index (χ0n) is 16.2. The molecule has 1 fully saturated rings. The fourth-order valence-electron chi connectivity index (χ4n) is 3.50. The van der Waals surface area contributed by atoms with Crippen molar-refractivity contribution in [2.24, 2.45) is 0 Å². The molecule has 1 saturated heterocycles. The Morgan fingerprint density at radius 2 is 2.07 bits per heavy atom. The number of hydrogen-bond donors (Lipinski definition) is 1. The molecule has 1 aliphatic heterocycles. The number of pyridine rings is 1. The Kier molecular flexibility index (Phi) is 5.96. The molecular weight excluding hydrogens is 408 g/mol. The molecule has 2 aromatic heterocycles. The number of carbonyl (C=O) groups excluding carboxylic acids is 1. The number of nitrogens with zero attached hydrogens (tertiary/aromatic N) is 2. The average Bonchev–Trinajstić information content (AvgIpc) is 3.00. The molecule has 1 unspecified atom stereocenters. The van der Waals surface area contributed by atoms with Crippen LogP contribution in [0.1, 0.15) is 54.7 Å². The number of esters is 1. The van der Waals surface area contributed by atoms with E-state index in [1.807, 2.05) is 39.1 Å². The van der Waals surface area contributed by atoms with Crippen LogP contribution in [0.3, 0.4) is 0 Å². The molecule has 5 nitrogen and oxygen atoms in total. The van der Waals surface area contributed by atoms with Crippen LogP contribution < -0.4 is 0 Å². The first-order chi connectivity index (χ1) is 12.8. The van der Waals surface area contributed by atoms with Gasteiger partial charge in [-0.25, -0.2) is 4.79 Å². The Hall–Kier alpha value is -1.79. The zero-order chi connectivity index (χ0) is 19.7. The van der Waals surface area contributed by atoms with Crippen molar-refractivity contribution in [1.29, 1.82) is 0 Å². The van der Waals surface area contributed by atoms with Gasteiger partial charge in [0.2, 0.25) is 0 Å². The molecule has 0 bridgehead atoms. The van der Waals surface area contributed by atoms with Gasteiger partial charge in [0.25, 0.3) is 0 Å². The fraction of sp³-hybridized carbons (Fsp3) is 0.476. The van der Waals surface area contributed by atoms with Crippen molar-refractivity contribution in [3.05, 3.63) is 46.2 Å². The number of aliphatic hydroxyl groups is 1. The van der Waals surface area contributed by atoms with Crippen LogP contribution in [0.4, 0.5) is 0 Å². The quantitative estimate of drug-likeness (QED) is 0.708. The summed E-state index contributed by atoms with van der Waals surface area (Å²) in [6, 6.07) is 3.86. The largest absolute Gasteiger partial charge is 0.459 e. The van der Waals surface area contributed by atoms with E-state index >= 15 is 0 Å². The molecule has 2 aromatic rings. The van der Waals surface area contributed by atoms with Crippen molar-refractivity contribution in [2.75, 3.05) is 13.1 Å². The van der Waals surface area contributed by atoms with Crippen molar-refractivity contribution in [1.82, 2.24) is 9.30 Å². The molecule has 0 amide bonds. The van der Waals surface area contributed by atoms with E-state index in [0.717, 1.165) is 59.3 Å². The third-order valence-electron chi connectivity index (χ3n) is 5.33. The minimum Gasteiger partial charge on any atom is -0.459 e. The molecule has 146 valence electrons. The number of ether oxygens (including phenoxy) is 1. The summed E-state index contributed by atoms with van der Waals surface area (Å²) >= 11 is 3.54. The molecule has 1 aliphatic rings. The van der Waals surface area contributed by atoms with Crippen molar-refractivity contribution >= 4 is 33.1 Å². The first kappa shape index (κ1) is 20.0. The molecule has 3 heterocycles. The normalized spacial score (nSPS) is 16.6. The van der Waals surface area contributed by atoms with E-state index in [2.05, 4.69) is 31.8 Å². The average molecular weight is 435 g/mol. The van der Waals surface area contributed by atoms with Gasteiger partial charge in [-0.1, -0.05) is 13.5 Å². The van der Waals surface area contributed by atoms with Gasteiger partial charge in [0.1, 0.15) is 0 Å². The molecule has 0 aliphatic carbocycles. The van der Waals surface area contributed by atoms with E-state index in [-0.39, 0.29) is 18.2 Å². The third kappa shape index (κ3) is 4.06. The van der Waals surface area contributed by atoms with Crippen LogP contribution in [0.2, 0.25) is 0 Å². The molecule has 6 heteroatoms. The number of aromatic nitrogens is 1. The minimum absolute atomic E-state index is 0.123. The van der Waals surface area contributed by atoms with Gasteiger partial charge in [0, 0.05) is 29.3 Å². The standard InChI is InChI=1S/C21H27BrN2O3/c1-5-13(2)27-21(26)19-11-17-10-16(22)12-24(17)20(14(19)3)15(4)23-8-6-18(25)7-9-23/h10-13,18,25H,4-9H2,1-3H3. The number of hydrogen-bond acceptors (Lipinski definition) is 4. The Labute approximate surface area is 168 Å². The first-order valence-electron chi connectivity index (χ1n) is 9.46. The van der Waals surface area contributed by atoms with E-state index < -0.39 is 0 Å². The fourth-order valence-corrected chi connectivity index (χ4v) is 3.94. The minimum atomic E-state index is -0.301. The van der Waals surface area contributed by atoms with Gasteiger partial charge in [0.05, 0.1) is 29.2 Å². The molecule has 0 spiro atoms. The van der Waals surface area contributed by atoms with Gasteiger partial charge in [-0.3, -0.25) is 0 Å². The van der Waals surface area contributed by atoms with Crippen molar-refractivity contribution in [2.45, 2.75) is 52.2 Å². The predicted octanol–water partition coefficient (Wildman–Crippen LogP) is 4.39. The molecule has 1 atom stereocenters. The van der Waals surface area contributed by atoms with E-state index in [9.17, 15) is 9.90 Å². The topological polar surface area (TPSA) is 54.2 Å². The first-order valence-corrected chi connectivity index (χ1v) is 10.3. The van der Waals surface area contributed by atoms with E-state index in [0.29, 0.717) is 5.56 Å². The number of carbonyl (C=O) groups is 1. The van der Waals surface area contributed by atoms with Gasteiger partial charge in [-0.05, 0) is 66.7 Å². The maximum absolute atomic E-state index is 12.8. The summed E-state index contributed by atoms with van der Waals surface area (Å²) in [4.78, 5) is 14.9. The molecular formula is C21H27BrN2O3. The summed E-state index contributed by atoms with van der Waals surface area (Å²) in [5, 5.41) is 9.80. The van der Waals surface area contributed by atoms with Gasteiger partial charge in [-0.2, -0.15) is 0 Å². The van der Waals surface area contributed by atoms with Crippen molar-refractivity contribution in [3.8, 4) is 0 Å². The molecule has 0 aromatic carbocycles. The smallest absolute Gasteiger partial charge is 0.338 e. The number of aliphatic hydroxyl groups excluding tert-OH is 1. The highest BCUT2D eigenvalue weighted by atomic mass is 79.9. The summed E-state index contributed by atoms with van der Waals surface area (Å²) in [5.74, 6) is -0.301.